The highest BCUT2D eigenvalue weighted by atomic mass is 16.5. The van der Waals surface area contributed by atoms with E-state index in [2.05, 4.69) is 53.2 Å². The quantitative estimate of drug-likeness (QED) is 0.848. The molecule has 21 heavy (non-hydrogen) atoms. The Balaban J connectivity index is 2.13. The molecule has 0 spiro atoms. The van der Waals surface area contributed by atoms with E-state index in [1.807, 2.05) is 19.3 Å². The van der Waals surface area contributed by atoms with Gasteiger partial charge < -0.3 is 10.1 Å². The molecule has 2 rings (SSSR count). The molecule has 4 nitrogen and oxygen atoms in total. The number of aromatic nitrogens is 2. The third-order valence-corrected chi connectivity index (χ3v) is 3.79. The molecule has 114 valence electrons. The summed E-state index contributed by atoms with van der Waals surface area (Å²) in [6, 6.07) is 11.2. The van der Waals surface area contributed by atoms with E-state index in [1.165, 1.54) is 11.3 Å². The molecule has 2 aromatic rings. The lowest BCUT2D eigenvalue weighted by Crippen LogP contribution is -2.18. The van der Waals surface area contributed by atoms with Gasteiger partial charge in [-0.15, -0.1) is 0 Å². The molecule has 4 heteroatoms. The fraction of sp³-hybridized carbons (Fsp3) is 0.471. The molecule has 1 unspecified atom stereocenters. The van der Waals surface area contributed by atoms with Crippen molar-refractivity contribution < 1.29 is 4.74 Å². The predicted molar refractivity (Wildman–Crippen MR) is 85.7 cm³/mol. The number of methoxy groups -OCH3 is 1. The maximum absolute atomic E-state index is 5.44. The third kappa shape index (κ3) is 3.64. The second kappa shape index (κ2) is 7.27. The van der Waals surface area contributed by atoms with Gasteiger partial charge in [-0.05, 0) is 39.3 Å². The zero-order chi connectivity index (χ0) is 15.2. The van der Waals surface area contributed by atoms with Crippen LogP contribution in [0.25, 0.3) is 0 Å². The van der Waals surface area contributed by atoms with Gasteiger partial charge >= 0.3 is 0 Å². The summed E-state index contributed by atoms with van der Waals surface area (Å²) in [6.07, 6.45) is 3.75. The van der Waals surface area contributed by atoms with Crippen LogP contribution in [0.5, 0.6) is 5.75 Å². The van der Waals surface area contributed by atoms with Crippen molar-refractivity contribution in [3.05, 3.63) is 47.8 Å². The van der Waals surface area contributed by atoms with Gasteiger partial charge in [0.1, 0.15) is 0 Å². The molecule has 0 amide bonds. The maximum atomic E-state index is 5.44. The highest BCUT2D eigenvalue weighted by Gasteiger charge is 2.16. The Morgan fingerprint density at radius 2 is 1.95 bits per heavy atom. The Kier molecular flexibility index (Phi) is 5.39. The minimum atomic E-state index is 0.339. The maximum Gasteiger partial charge on any atom is 0.159 e. The van der Waals surface area contributed by atoms with Crippen LogP contribution in [0.4, 0.5) is 0 Å². The van der Waals surface area contributed by atoms with Gasteiger partial charge in [-0.2, -0.15) is 5.10 Å². The normalized spacial score (nSPS) is 12.6. The summed E-state index contributed by atoms with van der Waals surface area (Å²) >= 11 is 0. The van der Waals surface area contributed by atoms with Crippen LogP contribution in [0, 0.1) is 0 Å². The Morgan fingerprint density at radius 1 is 1.24 bits per heavy atom. The first-order valence-corrected chi connectivity index (χ1v) is 7.50. The SMILES string of the molecule is CNC(CCc1c(OC)cnn1C(C)C)c1ccccc1. The van der Waals surface area contributed by atoms with Gasteiger partial charge in [0.15, 0.2) is 5.75 Å². The van der Waals surface area contributed by atoms with Crippen molar-refractivity contribution in [2.75, 3.05) is 14.2 Å². The number of ether oxygens (including phenoxy) is 1. The number of benzene rings is 1. The van der Waals surface area contributed by atoms with E-state index >= 15 is 0 Å². The Labute approximate surface area is 127 Å². The Bertz CT molecular complexity index is 548. The van der Waals surface area contributed by atoms with Gasteiger partial charge in [-0.25, -0.2) is 0 Å². The van der Waals surface area contributed by atoms with Crippen LogP contribution in [0.2, 0.25) is 0 Å². The fourth-order valence-corrected chi connectivity index (χ4v) is 2.67. The average molecular weight is 287 g/mol. The van der Waals surface area contributed by atoms with Crippen molar-refractivity contribution in [3.8, 4) is 5.75 Å². The Hall–Kier alpha value is -1.81. The van der Waals surface area contributed by atoms with Gasteiger partial charge in [-0.3, -0.25) is 4.68 Å². The molecule has 0 bridgehead atoms. The van der Waals surface area contributed by atoms with Gasteiger partial charge in [-0.1, -0.05) is 30.3 Å². The average Bonchev–Trinajstić information content (AvgIpc) is 2.92. The van der Waals surface area contributed by atoms with Crippen molar-refractivity contribution in [2.45, 2.75) is 38.8 Å². The summed E-state index contributed by atoms with van der Waals surface area (Å²) in [5.41, 5.74) is 2.48. The first-order valence-electron chi connectivity index (χ1n) is 7.50. The van der Waals surface area contributed by atoms with Gasteiger partial charge in [0.2, 0.25) is 0 Å². The summed E-state index contributed by atoms with van der Waals surface area (Å²) in [6.45, 7) is 4.28. The lowest BCUT2D eigenvalue weighted by molar-refractivity contribution is 0.400. The monoisotopic (exact) mass is 287 g/mol. The molecule has 1 heterocycles. The first kappa shape index (κ1) is 15.6. The summed E-state index contributed by atoms with van der Waals surface area (Å²) < 4.78 is 7.50. The highest BCUT2D eigenvalue weighted by Crippen LogP contribution is 2.25. The molecule has 1 aromatic heterocycles. The molecule has 0 saturated heterocycles. The predicted octanol–water partition coefficient (Wildman–Crippen LogP) is 3.37. The van der Waals surface area contributed by atoms with Gasteiger partial charge in [0, 0.05) is 12.1 Å². The third-order valence-electron chi connectivity index (χ3n) is 3.79. The van der Waals surface area contributed by atoms with E-state index in [9.17, 15) is 0 Å². The number of nitrogens with one attached hydrogen (secondary N) is 1. The van der Waals surface area contributed by atoms with Crippen LogP contribution in [-0.4, -0.2) is 23.9 Å². The molecule has 0 aliphatic rings. The minimum Gasteiger partial charge on any atom is -0.493 e. The summed E-state index contributed by atoms with van der Waals surface area (Å²) in [5.74, 6) is 0.881. The molecule has 1 aromatic carbocycles. The molecule has 0 fully saturated rings. The first-order chi connectivity index (χ1) is 10.2. The second-order valence-corrected chi connectivity index (χ2v) is 5.49. The van der Waals surface area contributed by atoms with Crippen molar-refractivity contribution >= 4 is 0 Å². The molecular weight excluding hydrogens is 262 g/mol. The van der Waals surface area contributed by atoms with Crippen molar-refractivity contribution in [1.82, 2.24) is 15.1 Å². The van der Waals surface area contributed by atoms with E-state index in [4.69, 9.17) is 4.74 Å². The molecule has 1 N–H and O–H groups in total. The minimum absolute atomic E-state index is 0.339. The smallest absolute Gasteiger partial charge is 0.159 e. The van der Waals surface area contributed by atoms with Crippen LogP contribution in [0.15, 0.2) is 36.5 Å². The van der Waals surface area contributed by atoms with Gasteiger partial charge in [0.05, 0.1) is 19.0 Å². The molecule has 1 atom stereocenters. The van der Waals surface area contributed by atoms with Crippen molar-refractivity contribution in [3.63, 3.8) is 0 Å². The van der Waals surface area contributed by atoms with E-state index in [-0.39, 0.29) is 0 Å². The number of rotatable bonds is 7. The van der Waals surface area contributed by atoms with Gasteiger partial charge in [0.25, 0.3) is 0 Å². The molecule has 0 aliphatic heterocycles. The second-order valence-electron chi connectivity index (χ2n) is 5.49. The largest absolute Gasteiger partial charge is 0.493 e. The Morgan fingerprint density at radius 3 is 2.52 bits per heavy atom. The van der Waals surface area contributed by atoms with Crippen molar-refractivity contribution in [1.29, 1.82) is 0 Å². The summed E-state index contributed by atoms with van der Waals surface area (Å²) in [4.78, 5) is 0. The highest BCUT2D eigenvalue weighted by molar-refractivity contribution is 5.26. The van der Waals surface area contributed by atoms with E-state index in [1.54, 1.807) is 7.11 Å². The van der Waals surface area contributed by atoms with E-state index < -0.39 is 0 Å². The summed E-state index contributed by atoms with van der Waals surface area (Å²) in [5, 5.41) is 7.83. The molecular formula is C17H25N3O. The number of nitrogens with zero attached hydrogens (tertiary/aromatic N) is 2. The van der Waals surface area contributed by atoms with E-state index in [0.29, 0.717) is 12.1 Å². The lowest BCUT2D eigenvalue weighted by Gasteiger charge is -2.18. The van der Waals surface area contributed by atoms with Crippen molar-refractivity contribution in [2.24, 2.45) is 0 Å². The summed E-state index contributed by atoms with van der Waals surface area (Å²) in [7, 11) is 3.71. The topological polar surface area (TPSA) is 39.1 Å². The van der Waals surface area contributed by atoms with Crippen LogP contribution < -0.4 is 10.1 Å². The molecule has 0 radical (unpaired) electrons. The van der Waals surface area contributed by atoms with E-state index in [0.717, 1.165) is 18.6 Å². The standard InChI is InChI=1S/C17H25N3O/c1-13(2)20-16(17(21-4)12-19-20)11-10-15(18-3)14-8-6-5-7-9-14/h5-9,12-13,15,18H,10-11H2,1-4H3. The molecule has 0 aliphatic carbocycles. The number of hydrogen-bond donors (Lipinski definition) is 1. The fourth-order valence-electron chi connectivity index (χ4n) is 2.67. The zero-order valence-corrected chi connectivity index (χ0v) is 13.3. The van der Waals surface area contributed by atoms with Crippen LogP contribution in [0.1, 0.15) is 43.6 Å². The van der Waals surface area contributed by atoms with Crippen LogP contribution in [0.3, 0.4) is 0 Å². The lowest BCUT2D eigenvalue weighted by atomic mass is 10.0. The molecule has 0 saturated carbocycles. The number of hydrogen-bond acceptors (Lipinski definition) is 3. The van der Waals surface area contributed by atoms with Crippen LogP contribution in [-0.2, 0) is 6.42 Å². The van der Waals surface area contributed by atoms with Crippen LogP contribution >= 0.6 is 0 Å². The zero-order valence-electron chi connectivity index (χ0n) is 13.3.